The normalized spacial score (nSPS) is 14.0. The van der Waals surface area contributed by atoms with Gasteiger partial charge in [0.2, 0.25) is 10.0 Å². The van der Waals surface area contributed by atoms with Gasteiger partial charge in [-0.05, 0) is 42.5 Å². The number of nitrogens with one attached hydrogen (secondary N) is 1. The van der Waals surface area contributed by atoms with Gasteiger partial charge >= 0.3 is 5.97 Å². The minimum atomic E-state index is -3.92. The van der Waals surface area contributed by atoms with Crippen LogP contribution in [0.25, 0.3) is 22.2 Å². The Labute approximate surface area is 262 Å². The molecule has 1 aromatic heterocycles. The number of carbonyl (C=O) groups excluding carboxylic acids is 2. The summed E-state index contributed by atoms with van der Waals surface area (Å²) in [5.41, 5.74) is 1.63. The molecule has 0 unspecified atom stereocenters. The lowest BCUT2D eigenvalue weighted by Gasteiger charge is -2.26. The number of morpholine rings is 1. The van der Waals surface area contributed by atoms with Gasteiger partial charge < -0.3 is 19.5 Å². The van der Waals surface area contributed by atoms with Gasteiger partial charge in [0.15, 0.2) is 6.61 Å². The van der Waals surface area contributed by atoms with Gasteiger partial charge in [-0.3, -0.25) is 4.79 Å². The molecule has 10 nitrogen and oxygen atoms in total. The fourth-order valence-electron chi connectivity index (χ4n) is 4.49. The second kappa shape index (κ2) is 13.0. The quantitative estimate of drug-likeness (QED) is 0.188. The molecule has 224 valence electrons. The number of nitrogens with zero attached hydrogens (tertiary/aromatic N) is 2. The summed E-state index contributed by atoms with van der Waals surface area (Å²) in [6, 6.07) is 15.9. The first-order chi connectivity index (χ1) is 20.6. The van der Waals surface area contributed by atoms with Crippen LogP contribution in [0.4, 0.5) is 5.69 Å². The standard InChI is InChI=1S/C29H24Cl3N3O7S/c1-40-24-9-6-17(14-25(24)43(38,39)35-10-12-41-13-11-35)33-26(36)16-42-29(37)20-15-23(34-22-5-3-2-4-18(20)22)19-7-8-21(30)28(32)27(19)31/h2-9,14-15H,10-13,16H2,1H3,(H,33,36). The number of ether oxygens (including phenoxy) is 3. The zero-order chi connectivity index (χ0) is 30.7. The molecule has 0 atom stereocenters. The van der Waals surface area contributed by atoms with Crippen LogP contribution in [0, 0.1) is 0 Å². The molecule has 43 heavy (non-hydrogen) atoms. The number of benzene rings is 3. The van der Waals surface area contributed by atoms with Gasteiger partial charge in [-0.15, -0.1) is 0 Å². The summed E-state index contributed by atoms with van der Waals surface area (Å²) in [4.78, 5) is 30.5. The number of fused-ring (bicyclic) bond motifs is 1. The predicted molar refractivity (Wildman–Crippen MR) is 164 cm³/mol. The predicted octanol–water partition coefficient (Wildman–Crippen LogP) is 5.69. The van der Waals surface area contributed by atoms with E-state index in [-0.39, 0.29) is 63.3 Å². The van der Waals surface area contributed by atoms with E-state index in [1.807, 2.05) is 0 Å². The molecule has 0 bridgehead atoms. The molecular weight excluding hydrogens is 641 g/mol. The van der Waals surface area contributed by atoms with Gasteiger partial charge in [0.1, 0.15) is 10.6 Å². The van der Waals surface area contributed by atoms with Crippen LogP contribution in [0.15, 0.2) is 65.6 Å². The topological polar surface area (TPSA) is 124 Å². The number of para-hydroxylation sites is 1. The first-order valence-corrected chi connectivity index (χ1v) is 15.4. The summed E-state index contributed by atoms with van der Waals surface area (Å²) in [6.45, 7) is 0.299. The number of amides is 1. The molecule has 2 heterocycles. The summed E-state index contributed by atoms with van der Waals surface area (Å²) in [5.74, 6) is -1.34. The van der Waals surface area contributed by atoms with E-state index in [2.05, 4.69) is 10.3 Å². The van der Waals surface area contributed by atoms with Crippen LogP contribution in [0.1, 0.15) is 10.4 Å². The maximum Gasteiger partial charge on any atom is 0.339 e. The fraction of sp³-hybridized carbons (Fsp3) is 0.207. The molecule has 3 aromatic carbocycles. The summed E-state index contributed by atoms with van der Waals surface area (Å²) in [5, 5.41) is 3.66. The van der Waals surface area contributed by atoms with Crippen LogP contribution in [0.3, 0.4) is 0 Å². The van der Waals surface area contributed by atoms with Crippen molar-refractivity contribution in [1.82, 2.24) is 9.29 Å². The van der Waals surface area contributed by atoms with E-state index >= 15 is 0 Å². The van der Waals surface area contributed by atoms with Crippen molar-refractivity contribution in [3.05, 3.63) is 81.3 Å². The second-order valence-electron chi connectivity index (χ2n) is 9.30. The molecule has 1 N–H and O–H groups in total. The Kier molecular flexibility index (Phi) is 9.40. The Morgan fingerprint density at radius 1 is 1.00 bits per heavy atom. The van der Waals surface area contributed by atoms with Gasteiger partial charge in [-0.1, -0.05) is 53.0 Å². The number of rotatable bonds is 8. The third-order valence-corrected chi connectivity index (χ3v) is 9.83. The van der Waals surface area contributed by atoms with Crippen LogP contribution in [0.5, 0.6) is 5.75 Å². The van der Waals surface area contributed by atoms with Crippen molar-refractivity contribution in [3.63, 3.8) is 0 Å². The lowest BCUT2D eigenvalue weighted by Crippen LogP contribution is -2.40. The number of pyridine rings is 1. The Morgan fingerprint density at radius 2 is 1.74 bits per heavy atom. The van der Waals surface area contributed by atoms with Crippen LogP contribution >= 0.6 is 34.8 Å². The fourth-order valence-corrected chi connectivity index (χ4v) is 6.72. The Morgan fingerprint density at radius 3 is 2.49 bits per heavy atom. The SMILES string of the molecule is COc1ccc(NC(=O)COC(=O)c2cc(-c3ccc(Cl)c(Cl)c3Cl)nc3ccccc23)cc1S(=O)(=O)N1CCOCC1. The third-order valence-electron chi connectivity index (χ3n) is 6.62. The highest BCUT2D eigenvalue weighted by Gasteiger charge is 2.30. The van der Waals surface area contributed by atoms with Crippen molar-refractivity contribution in [2.75, 3.05) is 45.3 Å². The Hall–Kier alpha value is -3.45. The summed E-state index contributed by atoms with van der Waals surface area (Å²) < 4.78 is 43.7. The molecule has 1 amide bonds. The lowest BCUT2D eigenvalue weighted by atomic mass is 10.0. The first-order valence-electron chi connectivity index (χ1n) is 12.9. The highest BCUT2D eigenvalue weighted by molar-refractivity contribution is 7.89. The number of hydrogen-bond donors (Lipinski definition) is 1. The van der Waals surface area contributed by atoms with Gasteiger partial charge in [-0.2, -0.15) is 4.31 Å². The van der Waals surface area contributed by atoms with Crippen molar-refractivity contribution in [2.24, 2.45) is 0 Å². The minimum absolute atomic E-state index is 0.108. The highest BCUT2D eigenvalue weighted by Crippen LogP contribution is 2.38. The number of halogens is 3. The molecule has 5 rings (SSSR count). The van der Waals surface area contributed by atoms with Crippen LogP contribution in [-0.4, -0.2) is 69.6 Å². The summed E-state index contributed by atoms with van der Waals surface area (Å²) in [7, 11) is -2.56. The van der Waals surface area contributed by atoms with Gasteiger partial charge in [-0.25, -0.2) is 18.2 Å². The van der Waals surface area contributed by atoms with Crippen molar-refractivity contribution in [3.8, 4) is 17.0 Å². The van der Waals surface area contributed by atoms with Gasteiger partial charge in [0.05, 0.1) is 52.2 Å². The minimum Gasteiger partial charge on any atom is -0.495 e. The average Bonchev–Trinajstić information content (AvgIpc) is 3.02. The van der Waals surface area contributed by atoms with Gasteiger partial charge in [0.25, 0.3) is 5.91 Å². The molecule has 1 saturated heterocycles. The molecule has 1 fully saturated rings. The van der Waals surface area contributed by atoms with Crippen molar-refractivity contribution in [1.29, 1.82) is 0 Å². The molecule has 0 radical (unpaired) electrons. The average molecular weight is 665 g/mol. The summed E-state index contributed by atoms with van der Waals surface area (Å²) in [6.07, 6.45) is 0. The van der Waals surface area contributed by atoms with E-state index in [0.717, 1.165) is 0 Å². The number of methoxy groups -OCH3 is 1. The van der Waals surface area contributed by atoms with Crippen molar-refractivity contribution >= 4 is 73.3 Å². The van der Waals surface area contributed by atoms with E-state index in [4.69, 9.17) is 49.0 Å². The number of aromatic nitrogens is 1. The Bertz CT molecular complexity index is 1830. The number of hydrogen-bond acceptors (Lipinski definition) is 8. The first kappa shape index (κ1) is 31.0. The maximum atomic E-state index is 13.3. The lowest BCUT2D eigenvalue weighted by molar-refractivity contribution is -0.119. The third kappa shape index (κ3) is 6.57. The molecule has 1 aliphatic heterocycles. The molecular formula is C29H24Cl3N3O7S. The smallest absolute Gasteiger partial charge is 0.339 e. The monoisotopic (exact) mass is 663 g/mol. The highest BCUT2D eigenvalue weighted by atomic mass is 35.5. The molecule has 14 heteroatoms. The van der Waals surface area contributed by atoms with E-state index in [9.17, 15) is 18.0 Å². The maximum absolute atomic E-state index is 13.3. The van der Waals surface area contributed by atoms with Crippen molar-refractivity contribution < 1.29 is 32.2 Å². The molecule has 0 saturated carbocycles. The van der Waals surface area contributed by atoms with E-state index in [1.54, 1.807) is 36.4 Å². The number of carbonyl (C=O) groups is 2. The molecule has 1 aliphatic rings. The van der Waals surface area contributed by atoms with E-state index in [1.165, 1.54) is 35.7 Å². The number of esters is 1. The van der Waals surface area contributed by atoms with Crippen LogP contribution in [0.2, 0.25) is 15.1 Å². The van der Waals surface area contributed by atoms with E-state index in [0.29, 0.717) is 22.2 Å². The molecule has 0 aliphatic carbocycles. The largest absolute Gasteiger partial charge is 0.495 e. The zero-order valence-corrected chi connectivity index (χ0v) is 25.7. The molecule has 0 spiro atoms. The van der Waals surface area contributed by atoms with Crippen LogP contribution in [-0.2, 0) is 24.3 Å². The zero-order valence-electron chi connectivity index (χ0n) is 22.6. The second-order valence-corrected chi connectivity index (χ2v) is 12.4. The number of anilines is 1. The Balaban J connectivity index is 1.35. The van der Waals surface area contributed by atoms with Gasteiger partial charge in [0, 0.05) is 29.7 Å². The molecule has 4 aromatic rings. The van der Waals surface area contributed by atoms with Crippen molar-refractivity contribution in [2.45, 2.75) is 4.90 Å². The van der Waals surface area contributed by atoms with E-state index < -0.39 is 28.5 Å². The van der Waals surface area contributed by atoms with Crippen LogP contribution < -0.4 is 10.1 Å². The summed E-state index contributed by atoms with van der Waals surface area (Å²) >= 11 is 18.7. The number of sulfonamides is 1.